The van der Waals surface area contributed by atoms with Gasteiger partial charge >= 0.3 is 6.18 Å². The van der Waals surface area contributed by atoms with Crippen LogP contribution in [0.4, 0.5) is 13.2 Å². The Balaban J connectivity index is 0.998. The summed E-state index contributed by atoms with van der Waals surface area (Å²) in [6, 6.07) is 30.4. The summed E-state index contributed by atoms with van der Waals surface area (Å²) < 4.78 is 53.6. The van der Waals surface area contributed by atoms with Crippen molar-refractivity contribution in [3.63, 3.8) is 0 Å². The van der Waals surface area contributed by atoms with Crippen molar-refractivity contribution in [3.8, 4) is 11.3 Å². The predicted molar refractivity (Wildman–Crippen MR) is 248 cm³/mol. The maximum absolute atomic E-state index is 15.3. The molecular formula is C55H57ClF3NO6. The van der Waals surface area contributed by atoms with Gasteiger partial charge in [-0.2, -0.15) is 13.2 Å². The third-order valence-electron chi connectivity index (χ3n) is 17.0. The van der Waals surface area contributed by atoms with Gasteiger partial charge in [-0.15, -0.1) is 0 Å². The molecule has 11 heteroatoms. The molecule has 0 amide bonds. The molecule has 346 valence electrons. The first-order valence-corrected chi connectivity index (χ1v) is 23.7. The summed E-state index contributed by atoms with van der Waals surface area (Å²) in [5, 5.41) is 38.5. The van der Waals surface area contributed by atoms with Gasteiger partial charge in [-0.05, 0) is 114 Å². The van der Waals surface area contributed by atoms with Gasteiger partial charge in [-0.1, -0.05) is 116 Å². The molecule has 0 saturated heterocycles. The zero-order chi connectivity index (χ0) is 46.3. The van der Waals surface area contributed by atoms with E-state index in [9.17, 15) is 28.5 Å². The van der Waals surface area contributed by atoms with Crippen LogP contribution in [0.3, 0.4) is 0 Å². The summed E-state index contributed by atoms with van der Waals surface area (Å²) in [6.45, 7) is 6.02. The van der Waals surface area contributed by atoms with Gasteiger partial charge in [0.25, 0.3) is 0 Å². The van der Waals surface area contributed by atoms with Gasteiger partial charge in [-0.25, -0.2) is 0 Å². The lowest BCUT2D eigenvalue weighted by molar-refractivity contribution is -0.177. The number of Topliss-reactive ketones (excluding diaryl/α,β-unsaturated/α-hetero) is 1. The molecular weight excluding hydrogens is 863 g/mol. The van der Waals surface area contributed by atoms with E-state index < -0.39 is 45.8 Å². The molecule has 11 rings (SSSR count). The molecule has 6 aliphatic carbocycles. The van der Waals surface area contributed by atoms with Crippen molar-refractivity contribution >= 4 is 28.2 Å². The predicted octanol–water partition coefficient (Wildman–Crippen LogP) is 11.6. The number of rotatable bonds is 13. The number of hydrogen-bond donors (Lipinski definition) is 3. The number of allylic oxidation sites excluding steroid dienone is 4. The van der Waals surface area contributed by atoms with Crippen LogP contribution in [0.15, 0.2) is 131 Å². The number of halogens is 4. The highest BCUT2D eigenvalue weighted by Gasteiger charge is 2.74. The number of alkyl halides is 3. The van der Waals surface area contributed by atoms with E-state index in [1.165, 1.54) is 18.2 Å². The van der Waals surface area contributed by atoms with Crippen molar-refractivity contribution in [2.24, 2.45) is 33.5 Å². The summed E-state index contributed by atoms with van der Waals surface area (Å²) in [5.74, 6) is -0.461. The molecule has 66 heavy (non-hydrogen) atoms. The third kappa shape index (κ3) is 7.33. The fourth-order valence-corrected chi connectivity index (χ4v) is 13.9. The second-order valence-corrected chi connectivity index (χ2v) is 20.9. The van der Waals surface area contributed by atoms with Crippen LogP contribution in [0.5, 0.6) is 0 Å². The SMILES string of the molecule is C[C@]12CC[C@H]3[C@]4(C=C[C@@]5(C=C4C(=O)c4ccc(-c6cc(C(F)(F)F)ccc6Cl)o4)CC(O)CC[C@]35C)[C@@H]1CC[C@@]2(O)CN(Cc1cccc2ccccc12)C[C@@H](O)COCc1ccccc1. The largest absolute Gasteiger partial charge is 0.453 e. The first kappa shape index (κ1) is 45.2. The van der Waals surface area contributed by atoms with E-state index in [1.54, 1.807) is 0 Å². The zero-order valence-corrected chi connectivity index (χ0v) is 38.1. The minimum absolute atomic E-state index is 0.00136. The van der Waals surface area contributed by atoms with Crippen molar-refractivity contribution in [3.05, 3.63) is 154 Å². The number of aliphatic hydroxyl groups excluding tert-OH is 2. The highest BCUT2D eigenvalue weighted by molar-refractivity contribution is 6.33. The van der Waals surface area contributed by atoms with E-state index in [1.807, 2.05) is 48.5 Å². The Morgan fingerprint density at radius 2 is 1.62 bits per heavy atom. The molecule has 0 radical (unpaired) electrons. The molecule has 3 N–H and O–H groups in total. The summed E-state index contributed by atoms with van der Waals surface area (Å²) in [7, 11) is 0. The highest BCUT2D eigenvalue weighted by Crippen LogP contribution is 2.78. The first-order valence-electron chi connectivity index (χ1n) is 23.3. The average molecular weight is 921 g/mol. The molecule has 6 aliphatic rings. The van der Waals surface area contributed by atoms with Crippen LogP contribution in [-0.4, -0.2) is 63.5 Å². The van der Waals surface area contributed by atoms with Gasteiger partial charge in [0.1, 0.15) is 5.76 Å². The smallest absolute Gasteiger partial charge is 0.416 e. The van der Waals surface area contributed by atoms with E-state index >= 15 is 4.79 Å². The molecule has 1 aromatic heterocycles. The molecule has 1 heterocycles. The lowest BCUT2D eigenvalue weighted by Gasteiger charge is -2.71. The quantitative estimate of drug-likeness (QED) is 0.0798. The number of carbonyl (C=O) groups is 1. The first-order chi connectivity index (χ1) is 31.5. The van der Waals surface area contributed by atoms with Gasteiger partial charge in [0.2, 0.25) is 5.78 Å². The molecule has 0 aliphatic heterocycles. The van der Waals surface area contributed by atoms with Crippen LogP contribution in [0.25, 0.3) is 22.1 Å². The van der Waals surface area contributed by atoms with Crippen molar-refractivity contribution in [1.82, 2.24) is 4.90 Å². The Hall–Kier alpha value is -4.55. The fraction of sp³-hybridized carbons (Fsp3) is 0.436. The number of ketones is 1. The maximum Gasteiger partial charge on any atom is 0.416 e. The Morgan fingerprint density at radius 3 is 2.42 bits per heavy atom. The van der Waals surface area contributed by atoms with Gasteiger partial charge < -0.3 is 24.5 Å². The van der Waals surface area contributed by atoms with Crippen LogP contribution in [-0.2, 0) is 24.1 Å². The minimum atomic E-state index is -4.60. The van der Waals surface area contributed by atoms with Crippen LogP contribution < -0.4 is 0 Å². The number of benzene rings is 4. The van der Waals surface area contributed by atoms with Crippen LogP contribution in [0.1, 0.15) is 86.0 Å². The third-order valence-corrected chi connectivity index (χ3v) is 17.3. The number of furan rings is 1. The highest BCUT2D eigenvalue weighted by atomic mass is 35.5. The van der Waals surface area contributed by atoms with Gasteiger partial charge in [0.05, 0.1) is 41.6 Å². The van der Waals surface area contributed by atoms with E-state index in [2.05, 4.69) is 61.2 Å². The van der Waals surface area contributed by atoms with E-state index in [-0.39, 0.29) is 64.8 Å². The van der Waals surface area contributed by atoms with E-state index in [0.717, 1.165) is 46.9 Å². The monoisotopic (exact) mass is 919 g/mol. The summed E-state index contributed by atoms with van der Waals surface area (Å²) >= 11 is 6.44. The summed E-state index contributed by atoms with van der Waals surface area (Å²) in [4.78, 5) is 17.5. The number of fused-ring (bicyclic) bond motifs is 2. The normalized spacial score (nSPS) is 31.7. The topological polar surface area (TPSA) is 103 Å². The van der Waals surface area contributed by atoms with Crippen molar-refractivity contribution < 1.29 is 42.4 Å². The molecule has 1 unspecified atom stereocenters. The molecule has 7 nitrogen and oxygen atoms in total. The molecule has 3 saturated carbocycles. The van der Waals surface area contributed by atoms with Gasteiger partial charge in [-0.3, -0.25) is 9.69 Å². The Bertz CT molecular complexity index is 2710. The number of aliphatic hydroxyl groups is 3. The lowest BCUT2D eigenvalue weighted by atomic mass is 9.32. The Kier molecular flexibility index (Phi) is 11.4. The fourth-order valence-electron chi connectivity index (χ4n) is 13.7. The van der Waals surface area contributed by atoms with Crippen LogP contribution in [0.2, 0.25) is 5.02 Å². The number of ether oxygens (including phenoxy) is 1. The molecule has 3 fully saturated rings. The Morgan fingerprint density at radius 1 is 0.894 bits per heavy atom. The number of carbonyl (C=O) groups excluding carboxylic acids is 1. The van der Waals surface area contributed by atoms with Gasteiger partial charge in [0.15, 0.2) is 5.76 Å². The number of hydrogen-bond acceptors (Lipinski definition) is 7. The van der Waals surface area contributed by atoms with Gasteiger partial charge in [0, 0.05) is 47.0 Å². The number of nitrogens with zero attached hydrogens (tertiary/aromatic N) is 1. The standard InChI is InChI=1S/C55H57ClF3NO6/c1-50-22-19-39(61)28-52(50)25-26-54(43(29-52)49(63)46-18-17-45(66-46)42-27-38(55(57,58)59)15-16-44(42)56)47(50)20-23-51(2)48(54)21-24-53(51,64)34-60(30-37-13-8-12-36-11-6-7-14-41(36)37)31-40(62)33-65-32-35-9-4-3-5-10-35/h3-18,25-27,29,39-40,47-48,61-62,64H,19-24,28,30-34H2,1-2H3/t39?,40-,47-,48-,50-,51+,52+,53-,54-/m1/s1. The van der Waals surface area contributed by atoms with Crippen molar-refractivity contribution in [2.75, 3.05) is 19.7 Å². The molecule has 5 aromatic rings. The zero-order valence-electron chi connectivity index (χ0n) is 37.4. The average Bonchev–Trinajstić information content (AvgIpc) is 3.88. The molecule has 4 aromatic carbocycles. The minimum Gasteiger partial charge on any atom is -0.453 e. The molecule has 2 bridgehead atoms. The second-order valence-electron chi connectivity index (χ2n) is 20.5. The summed E-state index contributed by atoms with van der Waals surface area (Å²) in [6.07, 6.45) is 5.04. The molecule has 2 spiro atoms. The van der Waals surface area contributed by atoms with E-state index in [0.29, 0.717) is 50.8 Å². The lowest BCUT2D eigenvalue weighted by Crippen LogP contribution is -2.67. The van der Waals surface area contributed by atoms with Crippen molar-refractivity contribution in [2.45, 2.75) is 95.9 Å². The van der Waals surface area contributed by atoms with E-state index in [4.69, 9.17) is 20.8 Å². The molecule has 9 atom stereocenters. The van der Waals surface area contributed by atoms with Crippen LogP contribution >= 0.6 is 11.6 Å². The summed E-state index contributed by atoms with van der Waals surface area (Å²) in [5.41, 5.74) is -1.76. The van der Waals surface area contributed by atoms with Crippen molar-refractivity contribution in [1.29, 1.82) is 0 Å². The second kappa shape index (κ2) is 16.6. The Labute approximate surface area is 388 Å². The maximum atomic E-state index is 15.3. The van der Waals surface area contributed by atoms with Crippen LogP contribution in [0, 0.1) is 33.5 Å².